The largest absolute Gasteiger partial charge is 0.384 e. The number of hydrogen-bond donors (Lipinski definition) is 2. The number of methoxy groups -OCH3 is 1. The Labute approximate surface area is 105 Å². The standard InChI is InChI=1S/C11H17N3O2S/c1-8(11(15)13-5-6-16-2)17-9-3-4-10(12)14-7-9/h3-4,7-8H,5-6H2,1-2H3,(H2,12,14)(H,13,15). The summed E-state index contributed by atoms with van der Waals surface area (Å²) in [4.78, 5) is 16.6. The summed E-state index contributed by atoms with van der Waals surface area (Å²) in [5.74, 6) is 0.468. The number of nitrogen functional groups attached to an aromatic ring is 1. The number of nitrogens with one attached hydrogen (secondary N) is 1. The van der Waals surface area contributed by atoms with Gasteiger partial charge in [0.2, 0.25) is 5.91 Å². The minimum atomic E-state index is -0.169. The number of aromatic nitrogens is 1. The molecule has 1 rings (SSSR count). The van der Waals surface area contributed by atoms with Crippen molar-refractivity contribution in [3.8, 4) is 0 Å². The van der Waals surface area contributed by atoms with Gasteiger partial charge < -0.3 is 15.8 Å². The SMILES string of the molecule is COCCNC(=O)C(C)Sc1ccc(N)nc1. The quantitative estimate of drug-likeness (QED) is 0.583. The van der Waals surface area contributed by atoms with E-state index >= 15 is 0 Å². The van der Waals surface area contributed by atoms with Crippen LogP contribution in [0.5, 0.6) is 0 Å². The van der Waals surface area contributed by atoms with Gasteiger partial charge in [0.05, 0.1) is 11.9 Å². The molecule has 0 aliphatic carbocycles. The average molecular weight is 255 g/mol. The van der Waals surface area contributed by atoms with Gasteiger partial charge in [0.25, 0.3) is 0 Å². The van der Waals surface area contributed by atoms with Gasteiger partial charge >= 0.3 is 0 Å². The number of rotatable bonds is 6. The molecule has 1 unspecified atom stereocenters. The molecule has 1 atom stereocenters. The Morgan fingerprint density at radius 3 is 3.00 bits per heavy atom. The minimum Gasteiger partial charge on any atom is -0.384 e. The number of nitrogens with two attached hydrogens (primary N) is 1. The Kier molecular flexibility index (Phi) is 5.79. The van der Waals surface area contributed by atoms with Crippen LogP contribution in [0.25, 0.3) is 0 Å². The molecule has 0 radical (unpaired) electrons. The van der Waals surface area contributed by atoms with Crippen LogP contribution < -0.4 is 11.1 Å². The first-order valence-electron chi connectivity index (χ1n) is 5.28. The van der Waals surface area contributed by atoms with Crippen LogP contribution in [0.2, 0.25) is 0 Å². The molecular weight excluding hydrogens is 238 g/mol. The lowest BCUT2D eigenvalue weighted by Crippen LogP contribution is -2.33. The van der Waals surface area contributed by atoms with Crippen LogP contribution in [0.15, 0.2) is 23.2 Å². The van der Waals surface area contributed by atoms with Gasteiger partial charge in [-0.3, -0.25) is 4.79 Å². The summed E-state index contributed by atoms with van der Waals surface area (Å²) in [5, 5.41) is 2.62. The van der Waals surface area contributed by atoms with E-state index < -0.39 is 0 Å². The van der Waals surface area contributed by atoms with Crippen molar-refractivity contribution in [1.29, 1.82) is 0 Å². The summed E-state index contributed by atoms with van der Waals surface area (Å²) in [5.41, 5.74) is 5.48. The van der Waals surface area contributed by atoms with Gasteiger partial charge in [-0.2, -0.15) is 0 Å². The van der Waals surface area contributed by atoms with Gasteiger partial charge in [-0.25, -0.2) is 4.98 Å². The smallest absolute Gasteiger partial charge is 0.233 e. The van der Waals surface area contributed by atoms with E-state index in [9.17, 15) is 4.79 Å². The third-order valence-electron chi connectivity index (χ3n) is 2.05. The van der Waals surface area contributed by atoms with Crippen LogP contribution in [0.4, 0.5) is 5.82 Å². The molecule has 0 saturated heterocycles. The zero-order chi connectivity index (χ0) is 12.7. The molecule has 0 aromatic carbocycles. The van der Waals surface area contributed by atoms with Gasteiger partial charge in [-0.15, -0.1) is 11.8 Å². The number of hydrogen-bond acceptors (Lipinski definition) is 5. The fraction of sp³-hybridized carbons (Fsp3) is 0.455. The van der Waals surface area contributed by atoms with Gasteiger partial charge in [0.1, 0.15) is 5.82 Å². The van der Waals surface area contributed by atoms with Crippen molar-refractivity contribution in [3.05, 3.63) is 18.3 Å². The maximum absolute atomic E-state index is 11.7. The zero-order valence-corrected chi connectivity index (χ0v) is 10.8. The van der Waals surface area contributed by atoms with Crippen LogP contribution in [0.3, 0.4) is 0 Å². The van der Waals surface area contributed by atoms with Crippen LogP contribution in [0.1, 0.15) is 6.92 Å². The molecule has 1 amide bonds. The average Bonchev–Trinajstić information content (AvgIpc) is 2.32. The van der Waals surface area contributed by atoms with Gasteiger partial charge in [0.15, 0.2) is 0 Å². The number of carbonyl (C=O) groups excluding carboxylic acids is 1. The summed E-state index contributed by atoms with van der Waals surface area (Å²) >= 11 is 1.45. The van der Waals surface area contributed by atoms with Crippen molar-refractivity contribution >= 4 is 23.5 Å². The summed E-state index contributed by atoms with van der Waals surface area (Å²) in [6.45, 7) is 2.90. The van der Waals surface area contributed by atoms with E-state index in [1.165, 1.54) is 11.8 Å². The molecule has 1 aromatic heterocycles. The minimum absolute atomic E-state index is 0.0103. The molecule has 1 aromatic rings. The highest BCUT2D eigenvalue weighted by Crippen LogP contribution is 2.22. The highest BCUT2D eigenvalue weighted by molar-refractivity contribution is 8.00. The third-order valence-corrected chi connectivity index (χ3v) is 3.13. The maximum atomic E-state index is 11.7. The number of thioether (sulfide) groups is 1. The van der Waals surface area contributed by atoms with Crippen molar-refractivity contribution in [1.82, 2.24) is 10.3 Å². The first-order chi connectivity index (χ1) is 8.13. The fourth-order valence-electron chi connectivity index (χ4n) is 1.14. The lowest BCUT2D eigenvalue weighted by Gasteiger charge is -2.11. The number of nitrogens with zero attached hydrogens (tertiary/aromatic N) is 1. The first-order valence-corrected chi connectivity index (χ1v) is 6.16. The second-order valence-electron chi connectivity index (χ2n) is 3.46. The van der Waals surface area contributed by atoms with Crippen LogP contribution in [0, 0.1) is 0 Å². The molecule has 0 spiro atoms. The molecule has 0 aliphatic rings. The summed E-state index contributed by atoms with van der Waals surface area (Å²) < 4.78 is 4.86. The second-order valence-corrected chi connectivity index (χ2v) is 4.88. The van der Waals surface area contributed by atoms with Gasteiger partial charge in [0, 0.05) is 24.7 Å². The molecule has 1 heterocycles. The lowest BCUT2D eigenvalue weighted by molar-refractivity contribution is -0.120. The predicted molar refractivity (Wildman–Crippen MR) is 68.9 cm³/mol. The van der Waals surface area contributed by atoms with E-state index in [1.807, 2.05) is 13.0 Å². The molecule has 0 fully saturated rings. The van der Waals surface area contributed by atoms with E-state index in [4.69, 9.17) is 10.5 Å². The van der Waals surface area contributed by atoms with E-state index in [2.05, 4.69) is 10.3 Å². The van der Waals surface area contributed by atoms with Crippen molar-refractivity contribution in [2.45, 2.75) is 17.1 Å². The number of amides is 1. The van der Waals surface area contributed by atoms with Crippen molar-refractivity contribution in [3.63, 3.8) is 0 Å². The molecule has 3 N–H and O–H groups in total. The van der Waals surface area contributed by atoms with E-state index in [0.717, 1.165) is 4.90 Å². The Balaban J connectivity index is 2.40. The predicted octanol–water partition coefficient (Wildman–Crippen LogP) is 0.907. The van der Waals surface area contributed by atoms with Gasteiger partial charge in [-0.1, -0.05) is 0 Å². The number of pyridine rings is 1. The number of carbonyl (C=O) groups is 1. The van der Waals surface area contributed by atoms with Crippen molar-refractivity contribution in [2.75, 3.05) is 26.0 Å². The molecule has 0 aliphatic heterocycles. The Morgan fingerprint density at radius 2 is 2.41 bits per heavy atom. The molecule has 17 heavy (non-hydrogen) atoms. The number of ether oxygens (including phenoxy) is 1. The molecule has 5 nitrogen and oxygen atoms in total. The second kappa shape index (κ2) is 7.13. The van der Waals surface area contributed by atoms with E-state index in [0.29, 0.717) is 19.0 Å². The Hall–Kier alpha value is -1.27. The summed E-state index contributed by atoms with van der Waals surface area (Å²) in [6.07, 6.45) is 1.67. The maximum Gasteiger partial charge on any atom is 0.233 e. The normalized spacial score (nSPS) is 12.1. The highest BCUT2D eigenvalue weighted by Gasteiger charge is 2.13. The van der Waals surface area contributed by atoms with Crippen LogP contribution in [-0.4, -0.2) is 36.4 Å². The lowest BCUT2D eigenvalue weighted by atomic mass is 10.4. The molecular formula is C11H17N3O2S. The van der Waals surface area contributed by atoms with E-state index in [-0.39, 0.29) is 11.2 Å². The summed E-state index contributed by atoms with van der Waals surface area (Å²) in [7, 11) is 1.60. The zero-order valence-electron chi connectivity index (χ0n) is 9.97. The topological polar surface area (TPSA) is 77.2 Å². The molecule has 0 saturated carbocycles. The summed E-state index contributed by atoms with van der Waals surface area (Å²) in [6, 6.07) is 3.57. The van der Waals surface area contributed by atoms with Crippen molar-refractivity contribution in [2.24, 2.45) is 0 Å². The first kappa shape index (κ1) is 13.8. The fourth-order valence-corrected chi connectivity index (χ4v) is 2.00. The van der Waals surface area contributed by atoms with Crippen molar-refractivity contribution < 1.29 is 9.53 Å². The van der Waals surface area contributed by atoms with E-state index in [1.54, 1.807) is 19.4 Å². The highest BCUT2D eigenvalue weighted by atomic mass is 32.2. The third kappa shape index (κ3) is 5.06. The van der Waals surface area contributed by atoms with Crippen LogP contribution >= 0.6 is 11.8 Å². The Morgan fingerprint density at radius 1 is 1.65 bits per heavy atom. The molecule has 94 valence electrons. The molecule has 0 bridgehead atoms. The Bertz CT molecular complexity index is 356. The molecule has 6 heteroatoms. The van der Waals surface area contributed by atoms with Gasteiger partial charge in [-0.05, 0) is 19.1 Å². The number of anilines is 1. The monoisotopic (exact) mass is 255 g/mol. The van der Waals surface area contributed by atoms with Crippen LogP contribution in [-0.2, 0) is 9.53 Å².